The van der Waals surface area contributed by atoms with Gasteiger partial charge < -0.3 is 14.6 Å². The first kappa shape index (κ1) is 16.8. The molecule has 0 aromatic heterocycles. The molecule has 3 rings (SSSR count). The number of benzene rings is 2. The van der Waals surface area contributed by atoms with Gasteiger partial charge in [0, 0.05) is 5.56 Å². The standard InChI is InChI=1S/C17H19NO5S/c1-22-14-8-5-6-11(17(14)23-2)10-13-16(19)12-7-3-4-9-15(12)24(20,21)18-13/h3-9,13,16,18-19H,10H2,1-2H3/t13-,16+/m0/s1. The van der Waals surface area contributed by atoms with E-state index >= 15 is 0 Å². The van der Waals surface area contributed by atoms with Gasteiger partial charge in [-0.05, 0) is 24.1 Å². The molecule has 0 unspecified atom stereocenters. The number of sulfonamides is 1. The lowest BCUT2D eigenvalue weighted by Crippen LogP contribution is -2.45. The zero-order valence-corrected chi connectivity index (χ0v) is 14.2. The van der Waals surface area contributed by atoms with Gasteiger partial charge in [0.05, 0.1) is 31.3 Å². The number of hydrogen-bond donors (Lipinski definition) is 2. The Bertz CT molecular complexity index is 850. The first-order valence-electron chi connectivity index (χ1n) is 7.47. The van der Waals surface area contributed by atoms with E-state index in [1.54, 1.807) is 30.3 Å². The second-order valence-corrected chi connectivity index (χ2v) is 7.25. The van der Waals surface area contributed by atoms with Gasteiger partial charge in [-0.15, -0.1) is 0 Å². The number of methoxy groups -OCH3 is 2. The zero-order valence-electron chi connectivity index (χ0n) is 13.4. The fraction of sp³-hybridized carbons (Fsp3) is 0.294. The normalized spacial score (nSPS) is 21.8. The fourth-order valence-corrected chi connectivity index (χ4v) is 4.51. The maximum Gasteiger partial charge on any atom is 0.241 e. The van der Waals surface area contributed by atoms with Gasteiger partial charge in [0.15, 0.2) is 11.5 Å². The molecule has 2 N–H and O–H groups in total. The minimum absolute atomic E-state index is 0.117. The van der Waals surface area contributed by atoms with Crippen LogP contribution in [0.4, 0.5) is 0 Å². The van der Waals surface area contributed by atoms with Gasteiger partial charge >= 0.3 is 0 Å². The first-order chi connectivity index (χ1) is 11.5. The Morgan fingerprint density at radius 1 is 1.08 bits per heavy atom. The number of ether oxygens (including phenoxy) is 2. The maximum atomic E-state index is 12.4. The quantitative estimate of drug-likeness (QED) is 0.877. The summed E-state index contributed by atoms with van der Waals surface area (Å²) in [6.45, 7) is 0. The monoisotopic (exact) mass is 349 g/mol. The van der Waals surface area contributed by atoms with E-state index in [1.807, 2.05) is 6.07 Å². The number of rotatable bonds is 4. The summed E-state index contributed by atoms with van der Waals surface area (Å²) in [5.74, 6) is 1.09. The molecule has 1 aliphatic rings. The van der Waals surface area contributed by atoms with Crippen molar-refractivity contribution in [3.8, 4) is 11.5 Å². The molecule has 0 radical (unpaired) electrons. The van der Waals surface area contributed by atoms with Crippen molar-refractivity contribution in [1.29, 1.82) is 0 Å². The Hall–Kier alpha value is -2.09. The van der Waals surface area contributed by atoms with Crippen molar-refractivity contribution in [1.82, 2.24) is 4.72 Å². The zero-order chi connectivity index (χ0) is 17.3. The molecule has 6 nitrogen and oxygen atoms in total. The highest BCUT2D eigenvalue weighted by Crippen LogP contribution is 2.36. The average molecular weight is 349 g/mol. The predicted molar refractivity (Wildman–Crippen MR) is 88.8 cm³/mol. The van der Waals surface area contributed by atoms with Crippen LogP contribution in [0.3, 0.4) is 0 Å². The van der Waals surface area contributed by atoms with Crippen LogP contribution in [0.1, 0.15) is 17.2 Å². The highest BCUT2D eigenvalue weighted by molar-refractivity contribution is 7.89. The van der Waals surface area contributed by atoms with E-state index in [4.69, 9.17) is 9.47 Å². The third kappa shape index (κ3) is 2.86. The maximum absolute atomic E-state index is 12.4. The van der Waals surface area contributed by atoms with Crippen LogP contribution in [0, 0.1) is 0 Å². The van der Waals surface area contributed by atoms with E-state index in [0.29, 0.717) is 17.1 Å². The molecule has 2 atom stereocenters. The highest BCUT2D eigenvalue weighted by Gasteiger charge is 2.36. The summed E-state index contributed by atoms with van der Waals surface area (Å²) < 4.78 is 38.0. The molecule has 0 bridgehead atoms. The number of hydrogen-bond acceptors (Lipinski definition) is 5. The second-order valence-electron chi connectivity index (χ2n) is 5.57. The van der Waals surface area contributed by atoms with Crippen LogP contribution < -0.4 is 14.2 Å². The Morgan fingerprint density at radius 3 is 2.54 bits per heavy atom. The number of nitrogens with one attached hydrogen (secondary N) is 1. The van der Waals surface area contributed by atoms with Crippen molar-refractivity contribution < 1.29 is 23.0 Å². The molecule has 0 saturated heterocycles. The summed E-state index contributed by atoms with van der Waals surface area (Å²) in [7, 11) is -0.598. The summed E-state index contributed by atoms with van der Waals surface area (Å²) in [4.78, 5) is 0.117. The molecule has 0 spiro atoms. The topological polar surface area (TPSA) is 84.9 Å². The van der Waals surface area contributed by atoms with Crippen LogP contribution in [0.15, 0.2) is 47.4 Å². The van der Waals surface area contributed by atoms with Crippen LogP contribution in [-0.4, -0.2) is 33.8 Å². The van der Waals surface area contributed by atoms with Gasteiger partial charge in [-0.1, -0.05) is 30.3 Å². The molecule has 0 amide bonds. The van der Waals surface area contributed by atoms with Gasteiger partial charge in [-0.25, -0.2) is 13.1 Å². The highest BCUT2D eigenvalue weighted by atomic mass is 32.2. The van der Waals surface area contributed by atoms with Crippen molar-refractivity contribution in [3.05, 3.63) is 53.6 Å². The molecule has 0 fully saturated rings. The van der Waals surface area contributed by atoms with Crippen LogP contribution in [0.5, 0.6) is 11.5 Å². The molecule has 1 aliphatic heterocycles. The van der Waals surface area contributed by atoms with Gasteiger partial charge in [-0.2, -0.15) is 0 Å². The van der Waals surface area contributed by atoms with E-state index in [0.717, 1.165) is 5.56 Å². The van der Waals surface area contributed by atoms with Crippen LogP contribution in [0.2, 0.25) is 0 Å². The average Bonchev–Trinajstić information content (AvgIpc) is 2.59. The summed E-state index contributed by atoms with van der Waals surface area (Å²) in [6.07, 6.45) is -0.671. The van der Waals surface area contributed by atoms with E-state index < -0.39 is 22.2 Å². The fourth-order valence-electron chi connectivity index (χ4n) is 3.02. The SMILES string of the molecule is COc1cccc(C[C@@H]2NS(=O)(=O)c3ccccc3[C@H]2O)c1OC. The summed E-state index contributed by atoms with van der Waals surface area (Å²) in [6, 6.07) is 11.2. The molecule has 24 heavy (non-hydrogen) atoms. The molecular weight excluding hydrogens is 330 g/mol. The van der Waals surface area contributed by atoms with Crippen molar-refractivity contribution in [3.63, 3.8) is 0 Å². The van der Waals surface area contributed by atoms with Crippen molar-refractivity contribution >= 4 is 10.0 Å². The third-order valence-corrected chi connectivity index (χ3v) is 5.70. The molecule has 7 heteroatoms. The summed E-state index contributed by atoms with van der Waals surface area (Å²) in [5.41, 5.74) is 1.16. The molecule has 2 aromatic carbocycles. The van der Waals surface area contributed by atoms with Gasteiger partial charge in [0.25, 0.3) is 0 Å². The van der Waals surface area contributed by atoms with Gasteiger partial charge in [-0.3, -0.25) is 0 Å². The molecule has 128 valence electrons. The van der Waals surface area contributed by atoms with Crippen LogP contribution in [0.25, 0.3) is 0 Å². The van der Waals surface area contributed by atoms with Crippen molar-refractivity contribution in [2.75, 3.05) is 14.2 Å². The van der Waals surface area contributed by atoms with E-state index in [-0.39, 0.29) is 11.3 Å². The van der Waals surface area contributed by atoms with E-state index in [9.17, 15) is 13.5 Å². The van der Waals surface area contributed by atoms with Crippen molar-refractivity contribution in [2.24, 2.45) is 0 Å². The predicted octanol–water partition coefficient (Wildman–Crippen LogP) is 1.64. The second kappa shape index (κ2) is 6.43. The number of aliphatic hydroxyl groups is 1. The van der Waals surface area contributed by atoms with E-state index in [1.165, 1.54) is 20.3 Å². The smallest absolute Gasteiger partial charge is 0.241 e. The molecular formula is C17H19NO5S. The van der Waals surface area contributed by atoms with E-state index in [2.05, 4.69) is 4.72 Å². The molecule has 0 aliphatic carbocycles. The van der Waals surface area contributed by atoms with Crippen LogP contribution in [-0.2, 0) is 16.4 Å². The number of aliphatic hydroxyl groups excluding tert-OH is 1. The first-order valence-corrected chi connectivity index (χ1v) is 8.95. The Labute approximate surface area is 141 Å². The Morgan fingerprint density at radius 2 is 1.83 bits per heavy atom. The lowest BCUT2D eigenvalue weighted by Gasteiger charge is -2.31. The van der Waals surface area contributed by atoms with Crippen LogP contribution >= 0.6 is 0 Å². The lowest BCUT2D eigenvalue weighted by atomic mass is 9.96. The Balaban J connectivity index is 1.98. The summed E-state index contributed by atoms with van der Waals surface area (Å²) >= 11 is 0. The molecule has 2 aromatic rings. The van der Waals surface area contributed by atoms with Crippen molar-refractivity contribution in [2.45, 2.75) is 23.5 Å². The summed E-state index contributed by atoms with van der Waals surface area (Å²) in [5, 5.41) is 10.6. The van der Waals surface area contributed by atoms with Gasteiger partial charge in [0.2, 0.25) is 10.0 Å². The number of para-hydroxylation sites is 1. The molecule has 0 saturated carbocycles. The molecule has 1 heterocycles. The van der Waals surface area contributed by atoms with Gasteiger partial charge in [0.1, 0.15) is 0 Å². The largest absolute Gasteiger partial charge is 0.493 e. The minimum atomic E-state index is -3.66. The minimum Gasteiger partial charge on any atom is -0.493 e. The lowest BCUT2D eigenvalue weighted by molar-refractivity contribution is 0.131. The number of fused-ring (bicyclic) bond motifs is 1. The third-order valence-electron chi connectivity index (χ3n) is 4.14. The Kier molecular flexibility index (Phi) is 4.49.